The molecular formula is C5H13N3. The predicted molar refractivity (Wildman–Crippen MR) is 33.5 cm³/mol. The van der Waals surface area contributed by atoms with Crippen LogP contribution in [0, 0.1) is 0 Å². The first-order valence-corrected chi connectivity index (χ1v) is 3.12. The predicted octanol–water partition coefficient (Wildman–Crippen LogP) is -0.926. The molecule has 1 saturated heterocycles. The molecule has 1 aliphatic heterocycles. The summed E-state index contributed by atoms with van der Waals surface area (Å²) in [5, 5.41) is 9.64. The van der Waals surface area contributed by atoms with Crippen LogP contribution in [0.4, 0.5) is 0 Å². The zero-order valence-corrected chi connectivity index (χ0v) is 5.04. The van der Waals surface area contributed by atoms with Gasteiger partial charge in [0.25, 0.3) is 0 Å². The van der Waals surface area contributed by atoms with Crippen molar-refractivity contribution in [2.75, 3.05) is 26.4 Å². The molecule has 1 aliphatic rings. The van der Waals surface area contributed by atoms with Gasteiger partial charge < -0.3 is 10.6 Å². The Balaban J connectivity index is 2.00. The SMILES string of the molecule is C1CNCNCNC1. The van der Waals surface area contributed by atoms with Crippen LogP contribution in [-0.2, 0) is 0 Å². The van der Waals surface area contributed by atoms with Crippen LogP contribution in [-0.4, -0.2) is 26.4 Å². The highest BCUT2D eigenvalue weighted by atomic mass is 15.1. The first-order valence-electron chi connectivity index (χ1n) is 3.12. The summed E-state index contributed by atoms with van der Waals surface area (Å²) in [6, 6.07) is 0. The molecule has 0 atom stereocenters. The van der Waals surface area contributed by atoms with Gasteiger partial charge in [-0.2, -0.15) is 0 Å². The Morgan fingerprint density at radius 2 is 1.38 bits per heavy atom. The first kappa shape index (κ1) is 6.01. The largest absolute Gasteiger partial charge is 0.304 e. The molecule has 0 amide bonds. The summed E-state index contributed by atoms with van der Waals surface area (Å²) >= 11 is 0. The maximum Gasteiger partial charge on any atom is 0.0464 e. The molecule has 1 heterocycles. The molecule has 3 nitrogen and oxygen atoms in total. The average molecular weight is 115 g/mol. The minimum absolute atomic E-state index is 0.938. The number of rotatable bonds is 0. The van der Waals surface area contributed by atoms with Crippen molar-refractivity contribution in [1.82, 2.24) is 16.0 Å². The van der Waals surface area contributed by atoms with Crippen LogP contribution in [0.2, 0.25) is 0 Å². The molecule has 0 unspecified atom stereocenters. The number of nitrogens with one attached hydrogen (secondary N) is 3. The van der Waals surface area contributed by atoms with Gasteiger partial charge in [0.05, 0.1) is 0 Å². The van der Waals surface area contributed by atoms with E-state index in [-0.39, 0.29) is 0 Å². The van der Waals surface area contributed by atoms with Crippen molar-refractivity contribution in [3.63, 3.8) is 0 Å². The van der Waals surface area contributed by atoms with Crippen molar-refractivity contribution in [1.29, 1.82) is 0 Å². The van der Waals surface area contributed by atoms with Gasteiger partial charge in [-0.05, 0) is 19.5 Å². The highest BCUT2D eigenvalue weighted by Gasteiger charge is 1.91. The quantitative estimate of drug-likeness (QED) is 0.382. The maximum atomic E-state index is 3.24. The fraction of sp³-hybridized carbons (Fsp3) is 1.00. The van der Waals surface area contributed by atoms with Crippen LogP contribution < -0.4 is 16.0 Å². The van der Waals surface area contributed by atoms with Gasteiger partial charge in [-0.15, -0.1) is 0 Å². The zero-order valence-electron chi connectivity index (χ0n) is 5.04. The van der Waals surface area contributed by atoms with Gasteiger partial charge in [-0.3, -0.25) is 5.32 Å². The molecular weight excluding hydrogens is 102 g/mol. The molecule has 8 heavy (non-hydrogen) atoms. The molecule has 0 aromatic carbocycles. The second-order valence-electron chi connectivity index (χ2n) is 1.96. The molecule has 0 aliphatic carbocycles. The molecule has 0 bridgehead atoms. The van der Waals surface area contributed by atoms with Gasteiger partial charge in [0.15, 0.2) is 0 Å². The van der Waals surface area contributed by atoms with Gasteiger partial charge in [0, 0.05) is 13.3 Å². The van der Waals surface area contributed by atoms with E-state index in [2.05, 4.69) is 16.0 Å². The second-order valence-corrected chi connectivity index (χ2v) is 1.96. The van der Waals surface area contributed by atoms with Crippen LogP contribution >= 0.6 is 0 Å². The van der Waals surface area contributed by atoms with Crippen molar-refractivity contribution >= 4 is 0 Å². The lowest BCUT2D eigenvalue weighted by Crippen LogP contribution is -2.40. The Morgan fingerprint density at radius 1 is 0.750 bits per heavy atom. The van der Waals surface area contributed by atoms with E-state index in [1.807, 2.05) is 0 Å². The highest BCUT2D eigenvalue weighted by Crippen LogP contribution is 1.73. The third kappa shape index (κ3) is 2.26. The third-order valence-corrected chi connectivity index (χ3v) is 1.21. The number of hydrogen-bond acceptors (Lipinski definition) is 3. The maximum absolute atomic E-state index is 3.24. The Hall–Kier alpha value is -0.120. The van der Waals surface area contributed by atoms with Crippen LogP contribution in [0.3, 0.4) is 0 Å². The first-order chi connectivity index (χ1) is 4.00. The van der Waals surface area contributed by atoms with E-state index in [9.17, 15) is 0 Å². The van der Waals surface area contributed by atoms with Crippen molar-refractivity contribution in [3.8, 4) is 0 Å². The Morgan fingerprint density at radius 3 is 2.00 bits per heavy atom. The van der Waals surface area contributed by atoms with Crippen LogP contribution in [0.25, 0.3) is 0 Å². The lowest BCUT2D eigenvalue weighted by atomic mass is 10.4. The van der Waals surface area contributed by atoms with E-state index in [1.165, 1.54) is 6.42 Å². The standard InChI is InChI=1S/C5H13N3/c1-2-6-4-8-5-7-3-1/h6-8H,1-5H2. The molecule has 0 aromatic heterocycles. The summed E-state index contributed by atoms with van der Waals surface area (Å²) in [6.45, 7) is 4.12. The average Bonchev–Trinajstić information content (AvgIpc) is 1.62. The summed E-state index contributed by atoms with van der Waals surface area (Å²) in [6.07, 6.45) is 1.24. The molecule has 3 N–H and O–H groups in total. The molecule has 3 heteroatoms. The Bertz CT molecular complexity index is 31.6. The Kier molecular flexibility index (Phi) is 2.88. The van der Waals surface area contributed by atoms with Crippen molar-refractivity contribution in [3.05, 3.63) is 0 Å². The van der Waals surface area contributed by atoms with Gasteiger partial charge in [0.2, 0.25) is 0 Å². The van der Waals surface area contributed by atoms with Gasteiger partial charge in [-0.1, -0.05) is 0 Å². The summed E-state index contributed by atoms with van der Waals surface area (Å²) < 4.78 is 0. The van der Waals surface area contributed by atoms with Crippen LogP contribution in [0.5, 0.6) is 0 Å². The minimum atomic E-state index is 0.938. The van der Waals surface area contributed by atoms with Crippen LogP contribution in [0.15, 0.2) is 0 Å². The van der Waals surface area contributed by atoms with E-state index in [4.69, 9.17) is 0 Å². The van der Waals surface area contributed by atoms with E-state index in [0.717, 1.165) is 26.4 Å². The van der Waals surface area contributed by atoms with Crippen LogP contribution in [0.1, 0.15) is 6.42 Å². The molecule has 0 aromatic rings. The van der Waals surface area contributed by atoms with Crippen molar-refractivity contribution in [2.45, 2.75) is 6.42 Å². The van der Waals surface area contributed by atoms with Crippen molar-refractivity contribution in [2.24, 2.45) is 0 Å². The summed E-state index contributed by atoms with van der Waals surface area (Å²) in [5.41, 5.74) is 0. The summed E-state index contributed by atoms with van der Waals surface area (Å²) in [7, 11) is 0. The summed E-state index contributed by atoms with van der Waals surface area (Å²) in [4.78, 5) is 0. The lowest BCUT2D eigenvalue weighted by Gasteiger charge is -2.11. The van der Waals surface area contributed by atoms with E-state index in [1.54, 1.807) is 0 Å². The summed E-state index contributed by atoms with van der Waals surface area (Å²) in [5.74, 6) is 0. The second kappa shape index (κ2) is 3.83. The topological polar surface area (TPSA) is 36.1 Å². The van der Waals surface area contributed by atoms with Gasteiger partial charge in [-0.25, -0.2) is 0 Å². The lowest BCUT2D eigenvalue weighted by molar-refractivity contribution is 0.481. The normalized spacial score (nSPS) is 24.0. The van der Waals surface area contributed by atoms with E-state index >= 15 is 0 Å². The number of hydrogen-bond donors (Lipinski definition) is 3. The molecule has 1 rings (SSSR count). The van der Waals surface area contributed by atoms with E-state index < -0.39 is 0 Å². The molecule has 0 spiro atoms. The zero-order chi connectivity index (χ0) is 5.66. The van der Waals surface area contributed by atoms with Gasteiger partial charge in [0.1, 0.15) is 0 Å². The monoisotopic (exact) mass is 115 g/mol. The van der Waals surface area contributed by atoms with Crippen molar-refractivity contribution < 1.29 is 0 Å². The fourth-order valence-corrected chi connectivity index (χ4v) is 0.754. The fourth-order valence-electron chi connectivity index (χ4n) is 0.754. The molecule has 0 saturated carbocycles. The molecule has 0 radical (unpaired) electrons. The molecule has 1 fully saturated rings. The third-order valence-electron chi connectivity index (χ3n) is 1.21. The minimum Gasteiger partial charge on any atom is -0.304 e. The molecule has 48 valence electrons. The van der Waals surface area contributed by atoms with E-state index in [0.29, 0.717) is 0 Å². The highest BCUT2D eigenvalue weighted by molar-refractivity contribution is 4.53. The smallest absolute Gasteiger partial charge is 0.0464 e. The Labute approximate surface area is 49.8 Å². The van der Waals surface area contributed by atoms with Gasteiger partial charge >= 0.3 is 0 Å².